The zero-order valence-corrected chi connectivity index (χ0v) is 13.7. The molecule has 2 heterocycles. The molecule has 1 aliphatic rings. The molecule has 0 saturated heterocycles. The van der Waals surface area contributed by atoms with Gasteiger partial charge in [0, 0.05) is 36.7 Å². The Bertz CT molecular complexity index is 620. The van der Waals surface area contributed by atoms with Crippen molar-refractivity contribution < 1.29 is 4.79 Å². The molecule has 1 aliphatic heterocycles. The van der Waals surface area contributed by atoms with Gasteiger partial charge in [-0.05, 0) is 54.3 Å². The topological polar surface area (TPSA) is 54.0 Å². The van der Waals surface area contributed by atoms with E-state index in [0.717, 1.165) is 30.6 Å². The van der Waals surface area contributed by atoms with Gasteiger partial charge in [-0.2, -0.15) is 0 Å². The Labute approximate surface area is 142 Å². The molecule has 0 saturated carbocycles. The summed E-state index contributed by atoms with van der Waals surface area (Å²) in [6.07, 6.45) is 5.75. The fourth-order valence-electron chi connectivity index (χ4n) is 2.41. The van der Waals surface area contributed by atoms with Crippen molar-refractivity contribution in [2.24, 2.45) is 0 Å². The van der Waals surface area contributed by atoms with Gasteiger partial charge in [0.15, 0.2) is 0 Å². The van der Waals surface area contributed by atoms with Crippen LogP contribution >= 0.6 is 24.8 Å². The fraction of sp³-hybridized carbons (Fsp3) is 0.250. The second kappa shape index (κ2) is 8.61. The third kappa shape index (κ3) is 4.61. The maximum absolute atomic E-state index is 11.9. The van der Waals surface area contributed by atoms with Gasteiger partial charge in [-0.15, -0.1) is 24.8 Å². The van der Waals surface area contributed by atoms with Crippen LogP contribution in [0, 0.1) is 0 Å². The largest absolute Gasteiger partial charge is 0.384 e. The number of rotatable bonds is 4. The maximum Gasteiger partial charge on any atom is 0.224 e. The molecule has 0 radical (unpaired) electrons. The number of hydrogen-bond acceptors (Lipinski definition) is 3. The summed E-state index contributed by atoms with van der Waals surface area (Å²) in [7, 11) is 0. The number of anilines is 2. The molecule has 0 bridgehead atoms. The summed E-state index contributed by atoms with van der Waals surface area (Å²) >= 11 is 0. The first kappa shape index (κ1) is 18.3. The quantitative estimate of drug-likeness (QED) is 0.896. The molecular formula is C16H19Cl2N3O. The van der Waals surface area contributed by atoms with E-state index in [0.29, 0.717) is 6.42 Å². The molecule has 0 unspecified atom stereocenters. The number of amides is 1. The van der Waals surface area contributed by atoms with Crippen LogP contribution < -0.4 is 10.6 Å². The van der Waals surface area contributed by atoms with Crippen LogP contribution in [-0.2, 0) is 17.6 Å². The monoisotopic (exact) mass is 339 g/mol. The molecule has 4 nitrogen and oxygen atoms in total. The highest BCUT2D eigenvalue weighted by Gasteiger charge is 2.11. The van der Waals surface area contributed by atoms with Crippen molar-refractivity contribution in [3.05, 3.63) is 53.9 Å². The van der Waals surface area contributed by atoms with Gasteiger partial charge in [-0.1, -0.05) is 0 Å². The lowest BCUT2D eigenvalue weighted by Crippen LogP contribution is -2.12. The summed E-state index contributed by atoms with van der Waals surface area (Å²) < 4.78 is 0. The maximum atomic E-state index is 11.9. The minimum atomic E-state index is 0. The summed E-state index contributed by atoms with van der Waals surface area (Å²) in [5.41, 5.74) is 4.47. The number of aryl methyl sites for hydroxylation is 1. The van der Waals surface area contributed by atoms with Crippen molar-refractivity contribution >= 4 is 42.1 Å². The molecule has 2 N–H and O–H groups in total. The van der Waals surface area contributed by atoms with Gasteiger partial charge in [0.1, 0.15) is 0 Å². The second-order valence-electron chi connectivity index (χ2n) is 4.95. The number of nitrogens with zero attached hydrogens (tertiary/aromatic N) is 1. The molecule has 2 aromatic rings. The molecule has 118 valence electrons. The molecule has 1 amide bonds. The predicted molar refractivity (Wildman–Crippen MR) is 94.3 cm³/mol. The van der Waals surface area contributed by atoms with E-state index in [1.807, 2.05) is 24.3 Å². The van der Waals surface area contributed by atoms with Gasteiger partial charge < -0.3 is 10.6 Å². The normalized spacial score (nSPS) is 11.5. The molecule has 0 atom stereocenters. The number of halogens is 2. The summed E-state index contributed by atoms with van der Waals surface area (Å²) in [6, 6.07) is 9.91. The van der Waals surface area contributed by atoms with Gasteiger partial charge in [0.25, 0.3) is 0 Å². The average Bonchev–Trinajstić information content (AvgIpc) is 2.94. The number of benzene rings is 1. The van der Waals surface area contributed by atoms with Crippen molar-refractivity contribution in [1.82, 2.24) is 4.98 Å². The first-order valence-electron chi connectivity index (χ1n) is 6.87. The van der Waals surface area contributed by atoms with Crippen LogP contribution in [-0.4, -0.2) is 17.4 Å². The van der Waals surface area contributed by atoms with Crippen molar-refractivity contribution in [3.63, 3.8) is 0 Å². The molecule has 0 fully saturated rings. The predicted octanol–water partition coefficient (Wildman–Crippen LogP) is 3.46. The van der Waals surface area contributed by atoms with E-state index < -0.39 is 0 Å². The number of carbonyl (C=O) groups is 1. The molecule has 0 spiro atoms. The highest BCUT2D eigenvalue weighted by molar-refractivity contribution is 5.91. The van der Waals surface area contributed by atoms with Gasteiger partial charge in [0.05, 0.1) is 0 Å². The Hall–Kier alpha value is -1.78. The van der Waals surface area contributed by atoms with E-state index in [4.69, 9.17) is 0 Å². The number of carbonyl (C=O) groups excluding carboxylic acids is 1. The summed E-state index contributed by atoms with van der Waals surface area (Å²) in [4.78, 5) is 15.9. The van der Waals surface area contributed by atoms with Gasteiger partial charge in [0.2, 0.25) is 5.91 Å². The highest BCUT2D eigenvalue weighted by Crippen LogP contribution is 2.25. The Balaban J connectivity index is 0.00000121. The van der Waals surface area contributed by atoms with Crippen molar-refractivity contribution in [2.45, 2.75) is 19.3 Å². The van der Waals surface area contributed by atoms with E-state index in [-0.39, 0.29) is 30.7 Å². The van der Waals surface area contributed by atoms with E-state index in [9.17, 15) is 4.79 Å². The smallest absolute Gasteiger partial charge is 0.224 e. The Morgan fingerprint density at radius 2 is 1.95 bits per heavy atom. The summed E-state index contributed by atoms with van der Waals surface area (Å²) in [5.74, 6) is 0.0488. The Morgan fingerprint density at radius 1 is 1.18 bits per heavy atom. The zero-order chi connectivity index (χ0) is 13.8. The molecule has 3 rings (SSSR count). The molecule has 0 aliphatic carbocycles. The van der Waals surface area contributed by atoms with Crippen LogP contribution in [0.1, 0.15) is 17.5 Å². The number of nitrogens with one attached hydrogen (secondary N) is 2. The molecule has 1 aromatic carbocycles. The van der Waals surface area contributed by atoms with Crippen LogP contribution in [0.3, 0.4) is 0 Å². The van der Waals surface area contributed by atoms with E-state index in [2.05, 4.69) is 21.7 Å². The van der Waals surface area contributed by atoms with Crippen molar-refractivity contribution in [2.75, 3.05) is 17.2 Å². The van der Waals surface area contributed by atoms with E-state index >= 15 is 0 Å². The average molecular weight is 340 g/mol. The Kier molecular flexibility index (Phi) is 7.15. The highest BCUT2D eigenvalue weighted by atomic mass is 35.5. The lowest BCUT2D eigenvalue weighted by atomic mass is 10.1. The minimum Gasteiger partial charge on any atom is -0.384 e. The number of pyridine rings is 1. The van der Waals surface area contributed by atoms with Gasteiger partial charge in [-0.3, -0.25) is 9.78 Å². The van der Waals surface area contributed by atoms with Crippen molar-refractivity contribution in [3.8, 4) is 0 Å². The number of hydrogen-bond donors (Lipinski definition) is 2. The first-order chi connectivity index (χ1) is 9.81. The molecule has 22 heavy (non-hydrogen) atoms. The fourth-order valence-corrected chi connectivity index (χ4v) is 2.41. The van der Waals surface area contributed by atoms with E-state index in [1.54, 1.807) is 12.4 Å². The number of fused-ring (bicyclic) bond motifs is 1. The van der Waals surface area contributed by atoms with Crippen LogP contribution in [0.2, 0.25) is 0 Å². The molecule has 6 heteroatoms. The summed E-state index contributed by atoms with van der Waals surface area (Å²) in [6.45, 7) is 0.981. The lowest BCUT2D eigenvalue weighted by Gasteiger charge is -2.07. The van der Waals surface area contributed by atoms with Crippen LogP contribution in [0.5, 0.6) is 0 Å². The van der Waals surface area contributed by atoms with Crippen LogP contribution in [0.15, 0.2) is 42.7 Å². The molecule has 1 aromatic heterocycles. The number of aromatic nitrogens is 1. The zero-order valence-electron chi connectivity index (χ0n) is 12.0. The third-order valence-corrected chi connectivity index (χ3v) is 3.49. The van der Waals surface area contributed by atoms with Gasteiger partial charge >= 0.3 is 0 Å². The standard InChI is InChI=1S/C16H17N3O.2ClH/c20-16(4-1-12-5-8-17-9-6-12)19-14-2-3-15-13(11-14)7-10-18-15;;/h2-3,5-6,8-9,11,18H,1,4,7,10H2,(H,19,20);2*1H. The van der Waals surface area contributed by atoms with Crippen LogP contribution in [0.25, 0.3) is 0 Å². The minimum absolute atomic E-state index is 0. The molecular weight excluding hydrogens is 321 g/mol. The lowest BCUT2D eigenvalue weighted by molar-refractivity contribution is -0.116. The Morgan fingerprint density at radius 3 is 2.73 bits per heavy atom. The SMILES string of the molecule is Cl.Cl.O=C(CCc1ccncc1)Nc1ccc2c(c1)CCN2. The third-order valence-electron chi connectivity index (χ3n) is 3.49. The first-order valence-corrected chi connectivity index (χ1v) is 6.87. The van der Waals surface area contributed by atoms with Crippen molar-refractivity contribution in [1.29, 1.82) is 0 Å². The van der Waals surface area contributed by atoms with Crippen LogP contribution in [0.4, 0.5) is 11.4 Å². The van der Waals surface area contributed by atoms with Gasteiger partial charge in [-0.25, -0.2) is 0 Å². The second-order valence-corrected chi connectivity index (χ2v) is 4.95. The summed E-state index contributed by atoms with van der Waals surface area (Å²) in [5, 5.41) is 6.27. The van der Waals surface area contributed by atoms with E-state index in [1.165, 1.54) is 11.3 Å².